The van der Waals surface area contributed by atoms with Gasteiger partial charge in [0.15, 0.2) is 0 Å². The van der Waals surface area contributed by atoms with Gasteiger partial charge in [-0.3, -0.25) is 9.59 Å². The zero-order valence-corrected chi connectivity index (χ0v) is 14.8. The molecule has 1 aromatic carbocycles. The molecule has 134 valence electrons. The Hall–Kier alpha value is -2.05. The Labute approximate surface area is 150 Å². The van der Waals surface area contributed by atoms with Crippen molar-refractivity contribution in [1.82, 2.24) is 4.90 Å². The monoisotopic (exact) mass is 365 g/mol. The van der Waals surface area contributed by atoms with Gasteiger partial charge >= 0.3 is 5.97 Å². The molecule has 1 amide bonds. The molecule has 1 saturated heterocycles. The molecule has 25 heavy (non-hydrogen) atoms. The molecule has 6 nitrogen and oxygen atoms in total. The Bertz CT molecular complexity index is 844. The van der Waals surface area contributed by atoms with E-state index in [4.69, 9.17) is 16.0 Å². The average Bonchev–Trinajstić information content (AvgIpc) is 2.95. The number of benzene rings is 1. The first kappa shape index (κ1) is 17.8. The van der Waals surface area contributed by atoms with E-state index in [1.807, 2.05) is 19.9 Å². The van der Waals surface area contributed by atoms with Crippen LogP contribution < -0.4 is 0 Å². The Morgan fingerprint density at radius 2 is 2.12 bits per heavy atom. The quantitative estimate of drug-likeness (QED) is 0.872. The van der Waals surface area contributed by atoms with Crippen molar-refractivity contribution in [2.45, 2.75) is 32.8 Å². The van der Waals surface area contributed by atoms with Crippen LogP contribution in [-0.4, -0.2) is 46.2 Å². The number of piperidine rings is 1. The average molecular weight is 366 g/mol. The molecule has 0 unspecified atom stereocenters. The lowest BCUT2D eigenvalue weighted by Gasteiger charge is -2.34. The molecular formula is C18H20ClNO5. The minimum Gasteiger partial charge on any atom is -0.481 e. The van der Waals surface area contributed by atoms with Crippen LogP contribution in [0.4, 0.5) is 0 Å². The van der Waals surface area contributed by atoms with Crippen LogP contribution in [0.2, 0.25) is 5.02 Å². The molecular weight excluding hydrogens is 346 g/mol. The third kappa shape index (κ3) is 3.24. The van der Waals surface area contributed by atoms with Crippen molar-refractivity contribution in [2.75, 3.05) is 13.1 Å². The molecule has 2 heterocycles. The number of aliphatic hydroxyl groups excluding tert-OH is 1. The molecule has 1 aliphatic rings. The predicted octanol–water partition coefficient (Wildman–Crippen LogP) is 2.54. The van der Waals surface area contributed by atoms with Gasteiger partial charge in [0.2, 0.25) is 5.91 Å². The zero-order chi connectivity index (χ0) is 18.3. The summed E-state index contributed by atoms with van der Waals surface area (Å²) in [6.45, 7) is 4.15. The lowest BCUT2D eigenvalue weighted by molar-refractivity contribution is -0.151. The van der Waals surface area contributed by atoms with Gasteiger partial charge < -0.3 is 19.5 Å². The number of aliphatic carboxylic acids is 1. The first-order chi connectivity index (χ1) is 11.8. The molecule has 7 heteroatoms. The van der Waals surface area contributed by atoms with Crippen molar-refractivity contribution in [2.24, 2.45) is 5.92 Å². The van der Waals surface area contributed by atoms with Crippen LogP contribution in [0.1, 0.15) is 23.1 Å². The number of likely N-dealkylation sites (tertiary alicyclic amines) is 1. The van der Waals surface area contributed by atoms with Gasteiger partial charge in [0.1, 0.15) is 11.5 Å². The highest BCUT2D eigenvalue weighted by Gasteiger charge is 2.35. The topological polar surface area (TPSA) is 91.0 Å². The molecule has 2 N–H and O–H groups in total. The van der Waals surface area contributed by atoms with Crippen LogP contribution in [0.25, 0.3) is 11.0 Å². The highest BCUT2D eigenvalue weighted by Crippen LogP contribution is 2.33. The SMILES string of the molecule is Cc1cc2occ(CC(=O)N3CC[C@H](O)[C@H](C(=O)O)C3)c2c(C)c1Cl. The maximum absolute atomic E-state index is 12.6. The van der Waals surface area contributed by atoms with Gasteiger partial charge in [0.05, 0.1) is 18.8 Å². The third-order valence-electron chi connectivity index (χ3n) is 4.88. The summed E-state index contributed by atoms with van der Waals surface area (Å²) in [5.41, 5.74) is 3.19. The smallest absolute Gasteiger partial charge is 0.310 e. The lowest BCUT2D eigenvalue weighted by atomic mass is 9.94. The number of nitrogens with zero attached hydrogens (tertiary/aromatic N) is 1. The number of halogens is 1. The minimum absolute atomic E-state index is 0.0178. The maximum Gasteiger partial charge on any atom is 0.310 e. The second-order valence-corrected chi connectivity index (χ2v) is 6.96. The van der Waals surface area contributed by atoms with E-state index < -0.39 is 18.0 Å². The summed E-state index contributed by atoms with van der Waals surface area (Å²) >= 11 is 6.31. The number of carbonyl (C=O) groups excluding carboxylic acids is 1. The molecule has 0 aliphatic carbocycles. The van der Waals surface area contributed by atoms with Crippen LogP contribution in [-0.2, 0) is 16.0 Å². The number of carboxylic acid groups (broad SMARTS) is 1. The Morgan fingerprint density at radius 3 is 2.80 bits per heavy atom. The van der Waals surface area contributed by atoms with E-state index in [1.165, 1.54) is 4.90 Å². The Morgan fingerprint density at radius 1 is 1.40 bits per heavy atom. The normalized spacial score (nSPS) is 20.9. The largest absolute Gasteiger partial charge is 0.481 e. The fourth-order valence-corrected chi connectivity index (χ4v) is 3.57. The van der Waals surface area contributed by atoms with Gasteiger partial charge in [-0.1, -0.05) is 11.6 Å². The van der Waals surface area contributed by atoms with Gasteiger partial charge in [-0.2, -0.15) is 0 Å². The van der Waals surface area contributed by atoms with Gasteiger partial charge in [-0.15, -0.1) is 0 Å². The Kier molecular flexibility index (Phi) is 4.75. The molecule has 0 spiro atoms. The van der Waals surface area contributed by atoms with Crippen LogP contribution in [0.5, 0.6) is 0 Å². The van der Waals surface area contributed by atoms with Crippen molar-refractivity contribution < 1.29 is 24.2 Å². The van der Waals surface area contributed by atoms with E-state index in [9.17, 15) is 19.8 Å². The van der Waals surface area contributed by atoms with E-state index in [0.717, 1.165) is 22.1 Å². The van der Waals surface area contributed by atoms with Crippen molar-refractivity contribution in [1.29, 1.82) is 0 Å². The number of amides is 1. The van der Waals surface area contributed by atoms with Gasteiger partial charge in [0, 0.05) is 29.1 Å². The van der Waals surface area contributed by atoms with E-state index in [0.29, 0.717) is 17.2 Å². The summed E-state index contributed by atoms with van der Waals surface area (Å²) in [5, 5.41) is 20.4. The minimum atomic E-state index is -1.09. The summed E-state index contributed by atoms with van der Waals surface area (Å²) in [7, 11) is 0. The second-order valence-electron chi connectivity index (χ2n) is 6.58. The van der Waals surface area contributed by atoms with E-state index in [1.54, 1.807) is 6.26 Å². The third-order valence-corrected chi connectivity index (χ3v) is 5.46. The predicted molar refractivity (Wildman–Crippen MR) is 92.7 cm³/mol. The van der Waals surface area contributed by atoms with Gasteiger partial charge in [-0.05, 0) is 37.5 Å². The summed E-state index contributed by atoms with van der Waals surface area (Å²) in [5.74, 6) is -2.22. The number of aliphatic hydroxyl groups is 1. The number of furan rings is 1. The highest BCUT2D eigenvalue weighted by atomic mass is 35.5. The Balaban J connectivity index is 1.83. The van der Waals surface area contributed by atoms with Crippen LogP contribution in [0.3, 0.4) is 0 Å². The standard InChI is InChI=1S/C18H20ClNO5/c1-9-5-14-16(10(2)17(9)19)11(8-25-14)6-15(22)20-4-3-13(21)12(7-20)18(23)24/h5,8,12-13,21H,3-4,6-7H2,1-2H3,(H,23,24)/t12-,13+/m1/s1. The number of carboxylic acids is 1. The van der Waals surface area contributed by atoms with Crippen molar-refractivity contribution in [3.63, 3.8) is 0 Å². The molecule has 0 saturated carbocycles. The highest BCUT2D eigenvalue weighted by molar-refractivity contribution is 6.33. The first-order valence-electron chi connectivity index (χ1n) is 8.14. The number of hydrogen-bond donors (Lipinski definition) is 2. The summed E-state index contributed by atoms with van der Waals surface area (Å²) < 4.78 is 5.57. The first-order valence-corrected chi connectivity index (χ1v) is 8.51. The molecule has 1 aromatic heterocycles. The number of carbonyl (C=O) groups is 2. The fraction of sp³-hybridized carbons (Fsp3) is 0.444. The number of rotatable bonds is 3. The molecule has 3 rings (SSSR count). The van der Waals surface area contributed by atoms with Crippen LogP contribution in [0.15, 0.2) is 16.7 Å². The van der Waals surface area contributed by atoms with E-state index >= 15 is 0 Å². The van der Waals surface area contributed by atoms with Crippen LogP contribution >= 0.6 is 11.6 Å². The molecule has 1 aliphatic heterocycles. The second kappa shape index (κ2) is 6.69. The molecule has 2 atom stereocenters. The molecule has 2 aromatic rings. The number of fused-ring (bicyclic) bond motifs is 1. The summed E-state index contributed by atoms with van der Waals surface area (Å²) in [4.78, 5) is 25.3. The molecule has 0 radical (unpaired) electrons. The lowest BCUT2D eigenvalue weighted by Crippen LogP contribution is -2.49. The zero-order valence-electron chi connectivity index (χ0n) is 14.1. The van der Waals surface area contributed by atoms with E-state index in [2.05, 4.69) is 0 Å². The van der Waals surface area contributed by atoms with Crippen molar-refractivity contribution >= 4 is 34.4 Å². The van der Waals surface area contributed by atoms with Crippen molar-refractivity contribution in [3.05, 3.63) is 34.0 Å². The summed E-state index contributed by atoms with van der Waals surface area (Å²) in [6.07, 6.45) is 1.01. The fourth-order valence-electron chi connectivity index (χ4n) is 3.42. The molecule has 1 fully saturated rings. The number of aryl methyl sites for hydroxylation is 2. The summed E-state index contributed by atoms with van der Waals surface area (Å²) in [6, 6.07) is 1.84. The van der Waals surface area contributed by atoms with E-state index in [-0.39, 0.29) is 25.3 Å². The van der Waals surface area contributed by atoms with Crippen LogP contribution in [0, 0.1) is 19.8 Å². The van der Waals surface area contributed by atoms with Gasteiger partial charge in [-0.25, -0.2) is 0 Å². The maximum atomic E-state index is 12.6. The van der Waals surface area contributed by atoms with Crippen molar-refractivity contribution in [3.8, 4) is 0 Å². The number of hydrogen-bond acceptors (Lipinski definition) is 4. The molecule has 0 bridgehead atoms. The van der Waals surface area contributed by atoms with Gasteiger partial charge in [0.25, 0.3) is 0 Å².